The molecule has 0 bridgehead atoms. The van der Waals surface area contributed by atoms with Crippen LogP contribution in [0.2, 0.25) is 0 Å². The van der Waals surface area contributed by atoms with Gasteiger partial charge in [-0.15, -0.1) is 0 Å². The number of alkyl halides is 3. The largest absolute Gasteiger partial charge is 0.432 e. The van der Waals surface area contributed by atoms with Crippen LogP contribution in [0.15, 0.2) is 12.1 Å². The average molecular weight is 234 g/mol. The molecule has 1 aromatic carbocycles. The van der Waals surface area contributed by atoms with E-state index >= 15 is 0 Å². The van der Waals surface area contributed by atoms with Crippen molar-refractivity contribution in [1.29, 1.82) is 0 Å². The maximum absolute atomic E-state index is 13.6. The Morgan fingerprint density at radius 1 is 1.25 bits per heavy atom. The fraction of sp³-hybridized carbons (Fsp3) is 0.455. The monoisotopic (exact) mass is 234 g/mol. The summed E-state index contributed by atoms with van der Waals surface area (Å²) in [6.07, 6.45) is -4.62. The Balaban J connectivity index is 2.56. The fourth-order valence-corrected chi connectivity index (χ4v) is 1.68. The van der Waals surface area contributed by atoms with Crippen LogP contribution >= 0.6 is 0 Å². The molecule has 2 rings (SSSR count). The summed E-state index contributed by atoms with van der Waals surface area (Å²) >= 11 is 0. The van der Waals surface area contributed by atoms with Crippen LogP contribution in [-0.2, 0) is 6.42 Å². The molecule has 0 fully saturated rings. The molecule has 1 aromatic rings. The summed E-state index contributed by atoms with van der Waals surface area (Å²) in [6.45, 7) is 2.25. The summed E-state index contributed by atoms with van der Waals surface area (Å²) in [4.78, 5) is 0. The summed E-state index contributed by atoms with van der Waals surface area (Å²) in [7, 11) is 0. The lowest BCUT2D eigenvalue weighted by molar-refractivity contribution is -0.265. The van der Waals surface area contributed by atoms with Crippen LogP contribution in [0.4, 0.5) is 17.6 Å². The van der Waals surface area contributed by atoms with Gasteiger partial charge in [-0.3, -0.25) is 0 Å². The van der Waals surface area contributed by atoms with Crippen molar-refractivity contribution in [3.8, 4) is 5.75 Å². The van der Waals surface area contributed by atoms with Crippen LogP contribution in [0, 0.1) is 12.7 Å². The molecule has 5 heteroatoms. The third-order valence-electron chi connectivity index (χ3n) is 2.65. The van der Waals surface area contributed by atoms with Crippen molar-refractivity contribution in [2.45, 2.75) is 32.0 Å². The highest BCUT2D eigenvalue weighted by Gasteiger charge is 2.57. The number of hydrogen-bond donors (Lipinski definition) is 0. The molecule has 1 atom stereocenters. The summed E-state index contributed by atoms with van der Waals surface area (Å²) in [5, 5.41) is 0. The Hall–Kier alpha value is -1.26. The third kappa shape index (κ3) is 1.54. The molecular weight excluding hydrogens is 224 g/mol. The van der Waals surface area contributed by atoms with E-state index in [1.165, 1.54) is 12.1 Å². The van der Waals surface area contributed by atoms with Gasteiger partial charge in [-0.1, -0.05) is 0 Å². The second kappa shape index (κ2) is 3.12. The molecular formula is C11H10F4O. The molecule has 1 heterocycles. The van der Waals surface area contributed by atoms with E-state index < -0.39 is 24.0 Å². The lowest BCUT2D eigenvalue weighted by atomic mass is 9.92. The Morgan fingerprint density at radius 3 is 2.50 bits per heavy atom. The highest BCUT2D eigenvalue weighted by Crippen LogP contribution is 2.44. The van der Waals surface area contributed by atoms with Crippen LogP contribution in [-0.4, -0.2) is 11.8 Å². The summed E-state index contributed by atoms with van der Waals surface area (Å²) in [6, 6.07) is 2.45. The normalized spacial score (nSPS) is 27.1. The molecule has 1 aliphatic rings. The van der Waals surface area contributed by atoms with E-state index in [1.54, 1.807) is 6.92 Å². The maximum Gasteiger partial charge on any atom is 0.432 e. The van der Waals surface area contributed by atoms with Crippen molar-refractivity contribution in [3.63, 3.8) is 0 Å². The first-order valence-corrected chi connectivity index (χ1v) is 4.78. The second-order valence-corrected chi connectivity index (χ2v) is 4.22. The number of ether oxygens (including phenoxy) is 1. The van der Waals surface area contributed by atoms with Gasteiger partial charge >= 0.3 is 6.11 Å². The number of fused-ring (bicyclic) bond motifs is 1. The molecule has 0 aliphatic carbocycles. The van der Waals surface area contributed by atoms with Crippen molar-refractivity contribution in [2.75, 3.05) is 0 Å². The van der Waals surface area contributed by atoms with E-state index in [0.29, 0.717) is 12.5 Å². The molecule has 88 valence electrons. The Labute approximate surface area is 90.0 Å². The number of aryl methyl sites for hydroxylation is 1. The van der Waals surface area contributed by atoms with Crippen molar-refractivity contribution < 1.29 is 22.3 Å². The second-order valence-electron chi connectivity index (χ2n) is 4.22. The summed E-state index contributed by atoms with van der Waals surface area (Å²) in [5.41, 5.74) is -2.58. The van der Waals surface area contributed by atoms with E-state index in [9.17, 15) is 17.6 Å². The van der Waals surface area contributed by atoms with Crippen LogP contribution in [0.25, 0.3) is 0 Å². The lowest BCUT2D eigenvalue weighted by Gasteiger charge is -2.35. The number of rotatable bonds is 0. The zero-order valence-corrected chi connectivity index (χ0v) is 8.78. The van der Waals surface area contributed by atoms with Gasteiger partial charge < -0.3 is 4.74 Å². The Kier molecular flexibility index (Phi) is 2.19. The minimum absolute atomic E-state index is 0.137. The molecule has 1 aliphatic heterocycles. The zero-order valence-electron chi connectivity index (χ0n) is 8.78. The van der Waals surface area contributed by atoms with Gasteiger partial charge in [0.25, 0.3) is 0 Å². The topological polar surface area (TPSA) is 9.23 Å². The molecule has 0 amide bonds. The molecule has 0 saturated heterocycles. The van der Waals surface area contributed by atoms with Gasteiger partial charge in [0.05, 0.1) is 0 Å². The van der Waals surface area contributed by atoms with Gasteiger partial charge in [0.2, 0.25) is 5.67 Å². The molecule has 0 saturated carbocycles. The standard InChI is InChI=1S/C11H10F4O/c1-6-3-8(12)7-5-10(2,13)11(14,15)16-9(7)4-6/h3-4H,5H2,1-2H3. The Morgan fingerprint density at radius 2 is 1.88 bits per heavy atom. The third-order valence-corrected chi connectivity index (χ3v) is 2.65. The number of hydrogen-bond acceptors (Lipinski definition) is 1. The molecule has 0 aromatic heterocycles. The van der Waals surface area contributed by atoms with Gasteiger partial charge in [-0.25, -0.2) is 8.78 Å². The number of halogens is 4. The summed E-state index contributed by atoms with van der Waals surface area (Å²) < 4.78 is 57.7. The van der Waals surface area contributed by atoms with Crippen molar-refractivity contribution in [3.05, 3.63) is 29.1 Å². The first-order valence-electron chi connectivity index (χ1n) is 4.78. The van der Waals surface area contributed by atoms with E-state index in [0.717, 1.165) is 0 Å². The maximum atomic E-state index is 13.6. The van der Waals surface area contributed by atoms with Gasteiger partial charge in [-0.05, 0) is 31.5 Å². The van der Waals surface area contributed by atoms with Crippen LogP contribution < -0.4 is 4.74 Å². The molecule has 1 nitrogen and oxygen atoms in total. The predicted octanol–water partition coefficient (Wildman–Crippen LogP) is 3.39. The predicted molar refractivity (Wildman–Crippen MR) is 49.9 cm³/mol. The van der Waals surface area contributed by atoms with Gasteiger partial charge in [0, 0.05) is 12.0 Å². The molecule has 16 heavy (non-hydrogen) atoms. The highest BCUT2D eigenvalue weighted by atomic mass is 19.3. The molecule has 0 radical (unpaired) electrons. The number of benzene rings is 1. The zero-order chi connectivity index (χ0) is 12.1. The minimum Gasteiger partial charge on any atom is -0.430 e. The SMILES string of the molecule is Cc1cc(F)c2c(c1)OC(F)(F)C(C)(F)C2. The van der Waals surface area contributed by atoms with E-state index in [1.807, 2.05) is 0 Å². The van der Waals surface area contributed by atoms with Gasteiger partial charge in [-0.2, -0.15) is 8.78 Å². The molecule has 0 N–H and O–H groups in total. The molecule has 1 unspecified atom stereocenters. The highest BCUT2D eigenvalue weighted by molar-refractivity contribution is 5.41. The summed E-state index contributed by atoms with van der Waals surface area (Å²) in [5.74, 6) is -0.994. The smallest absolute Gasteiger partial charge is 0.430 e. The quantitative estimate of drug-likeness (QED) is 0.625. The first-order chi connectivity index (χ1) is 7.23. The van der Waals surface area contributed by atoms with Gasteiger partial charge in [0.15, 0.2) is 0 Å². The van der Waals surface area contributed by atoms with Crippen LogP contribution in [0.1, 0.15) is 18.1 Å². The van der Waals surface area contributed by atoms with Crippen LogP contribution in [0.3, 0.4) is 0 Å². The van der Waals surface area contributed by atoms with Crippen molar-refractivity contribution >= 4 is 0 Å². The Bertz CT molecular complexity index is 440. The fourth-order valence-electron chi connectivity index (χ4n) is 1.68. The van der Waals surface area contributed by atoms with E-state index in [4.69, 9.17) is 0 Å². The minimum atomic E-state index is -3.93. The average Bonchev–Trinajstić information content (AvgIpc) is 2.08. The lowest BCUT2D eigenvalue weighted by Crippen LogP contribution is -2.51. The molecule has 0 spiro atoms. The van der Waals surface area contributed by atoms with E-state index in [-0.39, 0.29) is 11.3 Å². The van der Waals surface area contributed by atoms with Gasteiger partial charge in [0.1, 0.15) is 11.6 Å². The van der Waals surface area contributed by atoms with Crippen LogP contribution in [0.5, 0.6) is 5.75 Å². The van der Waals surface area contributed by atoms with Crippen molar-refractivity contribution in [1.82, 2.24) is 0 Å². The van der Waals surface area contributed by atoms with Crippen molar-refractivity contribution in [2.24, 2.45) is 0 Å². The first kappa shape index (κ1) is 11.2. The van der Waals surface area contributed by atoms with E-state index in [2.05, 4.69) is 4.74 Å².